The number of hydrogen-bond donors (Lipinski definition) is 0. The zero-order chi connectivity index (χ0) is 11.2. The van der Waals surface area contributed by atoms with Crippen molar-refractivity contribution in [3.8, 4) is 5.75 Å². The summed E-state index contributed by atoms with van der Waals surface area (Å²) in [6.07, 6.45) is 5.86. The maximum Gasteiger partial charge on any atom is 0.173 e. The molecule has 0 N–H and O–H groups in total. The molecular weight excluding hydrogens is 200 g/mol. The molecule has 0 aliphatic heterocycles. The number of carbonyl (C=O) groups excluding carboxylic acids is 1. The van der Waals surface area contributed by atoms with E-state index < -0.39 is 0 Å². The van der Waals surface area contributed by atoms with Gasteiger partial charge < -0.3 is 4.74 Å². The SMILES string of the molecule is O=C1CCCCCCC1Oc1ccccc1. The number of ketones is 1. The molecule has 0 heterocycles. The average Bonchev–Trinajstić information content (AvgIpc) is 2.30. The summed E-state index contributed by atoms with van der Waals surface area (Å²) in [4.78, 5) is 11.8. The fraction of sp³-hybridized carbons (Fsp3) is 0.500. The number of carbonyl (C=O) groups is 1. The standard InChI is InChI=1S/C14H18O2/c15-13-10-6-1-2-7-11-14(13)16-12-8-4-3-5-9-12/h3-5,8-9,14H,1-2,6-7,10-11H2. The van der Waals surface area contributed by atoms with Crippen molar-refractivity contribution in [2.45, 2.75) is 44.6 Å². The zero-order valence-corrected chi connectivity index (χ0v) is 9.52. The molecule has 1 unspecified atom stereocenters. The summed E-state index contributed by atoms with van der Waals surface area (Å²) < 4.78 is 5.75. The predicted molar refractivity (Wildman–Crippen MR) is 63.6 cm³/mol. The second-order valence-corrected chi connectivity index (χ2v) is 4.34. The summed E-state index contributed by atoms with van der Waals surface area (Å²) in [5, 5.41) is 0. The first kappa shape index (κ1) is 11.2. The Labute approximate surface area is 96.6 Å². The third-order valence-corrected chi connectivity index (χ3v) is 3.02. The van der Waals surface area contributed by atoms with Crippen LogP contribution in [0.2, 0.25) is 0 Å². The molecule has 16 heavy (non-hydrogen) atoms. The monoisotopic (exact) mass is 218 g/mol. The Morgan fingerprint density at radius 3 is 2.56 bits per heavy atom. The molecule has 2 heteroatoms. The fourth-order valence-electron chi connectivity index (χ4n) is 2.09. The van der Waals surface area contributed by atoms with Crippen LogP contribution in [0, 0.1) is 0 Å². The molecule has 1 aromatic rings. The molecule has 2 nitrogen and oxygen atoms in total. The van der Waals surface area contributed by atoms with E-state index in [0.717, 1.165) is 25.0 Å². The highest BCUT2D eigenvalue weighted by Gasteiger charge is 2.21. The number of hydrogen-bond acceptors (Lipinski definition) is 2. The molecule has 86 valence electrons. The smallest absolute Gasteiger partial charge is 0.173 e. The first-order chi connectivity index (χ1) is 7.86. The molecule has 1 aliphatic rings. The molecule has 1 aliphatic carbocycles. The van der Waals surface area contributed by atoms with Crippen LogP contribution in [0.5, 0.6) is 5.75 Å². The number of Topliss-reactive ketones (excluding diaryl/α,β-unsaturated/α-hetero) is 1. The van der Waals surface area contributed by atoms with E-state index in [0.29, 0.717) is 6.42 Å². The Hall–Kier alpha value is -1.31. The maximum absolute atomic E-state index is 11.8. The van der Waals surface area contributed by atoms with E-state index in [2.05, 4.69) is 0 Å². The van der Waals surface area contributed by atoms with Crippen molar-refractivity contribution in [3.63, 3.8) is 0 Å². The lowest BCUT2D eigenvalue weighted by atomic mass is 9.97. The van der Waals surface area contributed by atoms with Gasteiger partial charge in [-0.25, -0.2) is 0 Å². The van der Waals surface area contributed by atoms with E-state index in [1.165, 1.54) is 12.8 Å². The molecule has 0 bridgehead atoms. The third kappa shape index (κ3) is 3.09. The third-order valence-electron chi connectivity index (χ3n) is 3.02. The lowest BCUT2D eigenvalue weighted by Crippen LogP contribution is -2.28. The summed E-state index contributed by atoms with van der Waals surface area (Å²) >= 11 is 0. The summed E-state index contributed by atoms with van der Waals surface area (Å²) in [6.45, 7) is 0. The van der Waals surface area contributed by atoms with E-state index >= 15 is 0 Å². The van der Waals surface area contributed by atoms with E-state index in [4.69, 9.17) is 4.74 Å². The fourth-order valence-corrected chi connectivity index (χ4v) is 2.09. The van der Waals surface area contributed by atoms with Crippen LogP contribution in [0.1, 0.15) is 38.5 Å². The molecule has 1 saturated carbocycles. The summed E-state index contributed by atoms with van der Waals surface area (Å²) in [6, 6.07) is 9.64. The second kappa shape index (κ2) is 5.69. The van der Waals surface area contributed by atoms with Crippen LogP contribution < -0.4 is 4.74 Å². The Bertz CT molecular complexity index is 332. The van der Waals surface area contributed by atoms with Crippen LogP contribution in [0.15, 0.2) is 30.3 Å². The average molecular weight is 218 g/mol. The lowest BCUT2D eigenvalue weighted by molar-refractivity contribution is -0.126. The quantitative estimate of drug-likeness (QED) is 0.760. The second-order valence-electron chi connectivity index (χ2n) is 4.34. The minimum absolute atomic E-state index is 0.220. The van der Waals surface area contributed by atoms with Gasteiger partial charge in [0.15, 0.2) is 11.9 Å². The Morgan fingerprint density at radius 2 is 1.75 bits per heavy atom. The molecule has 0 aromatic heterocycles. The van der Waals surface area contributed by atoms with Gasteiger partial charge in [-0.3, -0.25) is 4.79 Å². The van der Waals surface area contributed by atoms with Crippen molar-refractivity contribution in [2.24, 2.45) is 0 Å². The lowest BCUT2D eigenvalue weighted by Gasteiger charge is -2.20. The molecule has 1 aromatic carbocycles. The van der Waals surface area contributed by atoms with Crippen LogP contribution >= 0.6 is 0 Å². The van der Waals surface area contributed by atoms with Crippen LogP contribution in [0.4, 0.5) is 0 Å². The van der Waals surface area contributed by atoms with Gasteiger partial charge >= 0.3 is 0 Å². The van der Waals surface area contributed by atoms with E-state index in [1.54, 1.807) is 0 Å². The van der Waals surface area contributed by atoms with Gasteiger partial charge in [-0.2, -0.15) is 0 Å². The van der Waals surface area contributed by atoms with Crippen LogP contribution in [-0.2, 0) is 4.79 Å². The Balaban J connectivity index is 1.98. The number of para-hydroxylation sites is 1. The number of ether oxygens (including phenoxy) is 1. The predicted octanol–water partition coefficient (Wildman–Crippen LogP) is 3.36. The molecule has 1 atom stereocenters. The Kier molecular flexibility index (Phi) is 3.97. The molecule has 1 fully saturated rings. The summed E-state index contributed by atoms with van der Waals surface area (Å²) in [5.41, 5.74) is 0. The highest BCUT2D eigenvalue weighted by atomic mass is 16.5. The minimum Gasteiger partial charge on any atom is -0.483 e. The van der Waals surface area contributed by atoms with Gasteiger partial charge in [-0.1, -0.05) is 31.0 Å². The van der Waals surface area contributed by atoms with E-state index in [9.17, 15) is 4.79 Å². The van der Waals surface area contributed by atoms with E-state index in [-0.39, 0.29) is 11.9 Å². The van der Waals surface area contributed by atoms with Crippen molar-refractivity contribution in [1.82, 2.24) is 0 Å². The highest BCUT2D eigenvalue weighted by molar-refractivity contribution is 5.83. The van der Waals surface area contributed by atoms with Crippen molar-refractivity contribution in [2.75, 3.05) is 0 Å². The molecule has 0 amide bonds. The van der Waals surface area contributed by atoms with Crippen molar-refractivity contribution >= 4 is 5.78 Å². The van der Waals surface area contributed by atoms with Gasteiger partial charge in [0.2, 0.25) is 0 Å². The molecule has 0 saturated heterocycles. The van der Waals surface area contributed by atoms with Gasteiger partial charge in [-0.05, 0) is 31.4 Å². The number of rotatable bonds is 2. The minimum atomic E-state index is -0.220. The first-order valence-corrected chi connectivity index (χ1v) is 6.11. The van der Waals surface area contributed by atoms with E-state index in [1.807, 2.05) is 30.3 Å². The van der Waals surface area contributed by atoms with Crippen molar-refractivity contribution in [1.29, 1.82) is 0 Å². The van der Waals surface area contributed by atoms with Gasteiger partial charge in [0.25, 0.3) is 0 Å². The normalized spacial score (nSPS) is 22.2. The molecule has 2 rings (SSSR count). The topological polar surface area (TPSA) is 26.3 Å². The van der Waals surface area contributed by atoms with Crippen molar-refractivity contribution < 1.29 is 9.53 Å². The maximum atomic E-state index is 11.8. The van der Waals surface area contributed by atoms with Crippen molar-refractivity contribution in [3.05, 3.63) is 30.3 Å². The van der Waals surface area contributed by atoms with Crippen LogP contribution in [-0.4, -0.2) is 11.9 Å². The van der Waals surface area contributed by atoms with Gasteiger partial charge in [-0.15, -0.1) is 0 Å². The molecular formula is C14H18O2. The van der Waals surface area contributed by atoms with Crippen LogP contribution in [0.3, 0.4) is 0 Å². The summed E-state index contributed by atoms with van der Waals surface area (Å²) in [7, 11) is 0. The number of benzene rings is 1. The van der Waals surface area contributed by atoms with Gasteiger partial charge in [0.05, 0.1) is 0 Å². The highest BCUT2D eigenvalue weighted by Crippen LogP contribution is 2.20. The molecule has 0 spiro atoms. The Morgan fingerprint density at radius 1 is 1.00 bits per heavy atom. The molecule has 0 radical (unpaired) electrons. The van der Waals surface area contributed by atoms with Gasteiger partial charge in [0, 0.05) is 6.42 Å². The zero-order valence-electron chi connectivity index (χ0n) is 9.52. The van der Waals surface area contributed by atoms with Gasteiger partial charge in [0.1, 0.15) is 5.75 Å². The van der Waals surface area contributed by atoms with Crippen LogP contribution in [0.25, 0.3) is 0 Å². The first-order valence-electron chi connectivity index (χ1n) is 6.11. The summed E-state index contributed by atoms with van der Waals surface area (Å²) in [5.74, 6) is 1.07. The largest absolute Gasteiger partial charge is 0.483 e.